The van der Waals surface area contributed by atoms with Gasteiger partial charge in [-0.25, -0.2) is 4.79 Å². The van der Waals surface area contributed by atoms with Crippen LogP contribution in [0.2, 0.25) is 0 Å². The van der Waals surface area contributed by atoms with Gasteiger partial charge in [-0.3, -0.25) is 5.10 Å². The highest BCUT2D eigenvalue weighted by molar-refractivity contribution is 5.72. The van der Waals surface area contributed by atoms with Crippen LogP contribution in [-0.4, -0.2) is 34.2 Å². The Balaban J connectivity index is 2.03. The third-order valence-corrected chi connectivity index (χ3v) is 2.46. The quantitative estimate of drug-likeness (QED) is 0.651. The number of amides is 2. The molecule has 2 rings (SSSR count). The molecule has 5 nitrogen and oxygen atoms in total. The summed E-state index contributed by atoms with van der Waals surface area (Å²) < 4.78 is 0. The van der Waals surface area contributed by atoms with Gasteiger partial charge in [0.2, 0.25) is 0 Å². The number of nitrogens with two attached hydrogens (primary N) is 1. The Morgan fingerprint density at radius 1 is 1.77 bits per heavy atom. The van der Waals surface area contributed by atoms with Crippen LogP contribution >= 0.6 is 0 Å². The zero-order chi connectivity index (χ0) is 9.26. The average Bonchev–Trinajstić information content (AvgIpc) is 2.75. The lowest BCUT2D eigenvalue weighted by Crippen LogP contribution is -2.33. The summed E-state index contributed by atoms with van der Waals surface area (Å²) in [4.78, 5) is 12.5. The van der Waals surface area contributed by atoms with Crippen molar-refractivity contribution in [3.63, 3.8) is 0 Å². The van der Waals surface area contributed by atoms with Gasteiger partial charge in [0.05, 0.1) is 0 Å². The second-order valence-corrected chi connectivity index (χ2v) is 3.28. The molecular weight excluding hydrogens is 168 g/mol. The topological polar surface area (TPSA) is 75.0 Å². The van der Waals surface area contributed by atoms with E-state index in [1.165, 1.54) is 0 Å². The number of nitrogens with one attached hydrogen (secondary N) is 1. The molecule has 1 fully saturated rings. The zero-order valence-electron chi connectivity index (χ0n) is 7.23. The summed E-state index contributed by atoms with van der Waals surface area (Å²) in [5.41, 5.74) is 6.26. The smallest absolute Gasteiger partial charge is 0.314 e. The molecular formula is C8H12N4O. The van der Waals surface area contributed by atoms with E-state index in [-0.39, 0.29) is 6.03 Å². The zero-order valence-corrected chi connectivity index (χ0v) is 7.23. The SMILES string of the molecule is NC(=O)N1CCC(c2ccn[nH]2)C1. The fraction of sp³-hybridized carbons (Fsp3) is 0.500. The monoisotopic (exact) mass is 180 g/mol. The molecule has 2 amide bonds. The van der Waals surface area contributed by atoms with Crippen molar-refractivity contribution in [3.05, 3.63) is 18.0 Å². The molecule has 1 aliphatic heterocycles. The predicted octanol–water partition coefficient (Wildman–Crippen LogP) is 0.278. The number of carbonyl (C=O) groups is 1. The maximum atomic E-state index is 10.8. The number of primary amides is 1. The van der Waals surface area contributed by atoms with E-state index in [2.05, 4.69) is 10.2 Å². The average molecular weight is 180 g/mol. The van der Waals surface area contributed by atoms with Gasteiger partial charge in [-0.15, -0.1) is 0 Å². The number of urea groups is 1. The summed E-state index contributed by atoms with van der Waals surface area (Å²) in [7, 11) is 0. The number of rotatable bonds is 1. The number of H-pyrrole nitrogens is 1. The predicted molar refractivity (Wildman–Crippen MR) is 47.1 cm³/mol. The number of hydrogen-bond acceptors (Lipinski definition) is 2. The summed E-state index contributed by atoms with van der Waals surface area (Å²) in [6, 6.07) is 1.61. The van der Waals surface area contributed by atoms with Gasteiger partial charge in [0, 0.05) is 30.9 Å². The molecule has 0 aliphatic carbocycles. The highest BCUT2D eigenvalue weighted by atomic mass is 16.2. The van der Waals surface area contributed by atoms with Crippen LogP contribution in [0.5, 0.6) is 0 Å². The molecule has 1 saturated heterocycles. The summed E-state index contributed by atoms with van der Waals surface area (Å²) in [6.45, 7) is 1.45. The summed E-state index contributed by atoms with van der Waals surface area (Å²) in [6.07, 6.45) is 2.69. The van der Waals surface area contributed by atoms with Gasteiger partial charge in [0.1, 0.15) is 0 Å². The van der Waals surface area contributed by atoms with Crippen LogP contribution in [0.15, 0.2) is 12.3 Å². The molecule has 1 aromatic rings. The van der Waals surface area contributed by atoms with Gasteiger partial charge in [0.25, 0.3) is 0 Å². The lowest BCUT2D eigenvalue weighted by atomic mass is 10.1. The van der Waals surface area contributed by atoms with Gasteiger partial charge < -0.3 is 10.6 Å². The minimum Gasteiger partial charge on any atom is -0.351 e. The minimum atomic E-state index is -0.331. The molecule has 1 atom stereocenters. The van der Waals surface area contributed by atoms with Gasteiger partial charge in [-0.05, 0) is 12.5 Å². The van der Waals surface area contributed by atoms with Crippen molar-refractivity contribution in [1.29, 1.82) is 0 Å². The molecule has 3 N–H and O–H groups in total. The first-order valence-corrected chi connectivity index (χ1v) is 4.31. The van der Waals surface area contributed by atoms with Crippen LogP contribution in [0.25, 0.3) is 0 Å². The fourth-order valence-corrected chi connectivity index (χ4v) is 1.71. The van der Waals surface area contributed by atoms with Crippen LogP contribution in [0.1, 0.15) is 18.0 Å². The Labute approximate surface area is 75.9 Å². The highest BCUT2D eigenvalue weighted by Crippen LogP contribution is 2.24. The van der Waals surface area contributed by atoms with Gasteiger partial charge in [-0.1, -0.05) is 0 Å². The lowest BCUT2D eigenvalue weighted by molar-refractivity contribution is 0.218. The standard InChI is InChI=1S/C8H12N4O/c9-8(13)12-4-2-6(5-12)7-1-3-10-11-7/h1,3,6H,2,4-5H2,(H2,9,13)(H,10,11). The maximum absolute atomic E-state index is 10.8. The maximum Gasteiger partial charge on any atom is 0.314 e. The summed E-state index contributed by atoms with van der Waals surface area (Å²) in [5, 5.41) is 6.79. The summed E-state index contributed by atoms with van der Waals surface area (Å²) in [5.74, 6) is 0.370. The minimum absolute atomic E-state index is 0.331. The van der Waals surface area contributed by atoms with E-state index in [0.717, 1.165) is 18.7 Å². The first-order valence-electron chi connectivity index (χ1n) is 4.31. The van der Waals surface area contributed by atoms with Crippen molar-refractivity contribution in [1.82, 2.24) is 15.1 Å². The van der Waals surface area contributed by atoms with Crippen molar-refractivity contribution in [2.75, 3.05) is 13.1 Å². The molecule has 0 aromatic carbocycles. The molecule has 0 saturated carbocycles. The normalized spacial score (nSPS) is 22.2. The Kier molecular flexibility index (Phi) is 1.92. The molecule has 1 unspecified atom stereocenters. The van der Waals surface area contributed by atoms with E-state index >= 15 is 0 Å². The lowest BCUT2D eigenvalue weighted by Gasteiger charge is -2.11. The number of aromatic nitrogens is 2. The van der Waals surface area contributed by atoms with E-state index in [9.17, 15) is 4.79 Å². The number of nitrogens with zero attached hydrogens (tertiary/aromatic N) is 2. The fourth-order valence-electron chi connectivity index (χ4n) is 1.71. The molecule has 1 aliphatic rings. The molecule has 13 heavy (non-hydrogen) atoms. The Hall–Kier alpha value is -1.52. The molecule has 0 radical (unpaired) electrons. The van der Waals surface area contributed by atoms with Crippen LogP contribution in [0, 0.1) is 0 Å². The Bertz CT molecular complexity index is 295. The number of hydrogen-bond donors (Lipinski definition) is 2. The summed E-state index contributed by atoms with van der Waals surface area (Å²) >= 11 is 0. The molecule has 5 heteroatoms. The number of aromatic amines is 1. The van der Waals surface area contributed by atoms with E-state index < -0.39 is 0 Å². The van der Waals surface area contributed by atoms with Crippen molar-refractivity contribution >= 4 is 6.03 Å². The van der Waals surface area contributed by atoms with Gasteiger partial charge in [-0.2, -0.15) is 5.10 Å². The van der Waals surface area contributed by atoms with E-state index in [1.54, 1.807) is 11.1 Å². The van der Waals surface area contributed by atoms with Crippen molar-refractivity contribution in [2.24, 2.45) is 5.73 Å². The van der Waals surface area contributed by atoms with E-state index in [0.29, 0.717) is 12.5 Å². The van der Waals surface area contributed by atoms with Crippen LogP contribution in [-0.2, 0) is 0 Å². The Morgan fingerprint density at radius 3 is 3.15 bits per heavy atom. The van der Waals surface area contributed by atoms with E-state index in [1.807, 2.05) is 6.07 Å². The van der Waals surface area contributed by atoms with Gasteiger partial charge in [0.15, 0.2) is 0 Å². The Morgan fingerprint density at radius 2 is 2.62 bits per heavy atom. The van der Waals surface area contributed by atoms with Gasteiger partial charge >= 0.3 is 6.03 Å². The number of carbonyl (C=O) groups excluding carboxylic acids is 1. The largest absolute Gasteiger partial charge is 0.351 e. The molecule has 2 heterocycles. The highest BCUT2D eigenvalue weighted by Gasteiger charge is 2.26. The van der Waals surface area contributed by atoms with Crippen LogP contribution in [0.3, 0.4) is 0 Å². The first kappa shape index (κ1) is 8.10. The van der Waals surface area contributed by atoms with Crippen LogP contribution in [0.4, 0.5) is 4.79 Å². The van der Waals surface area contributed by atoms with Crippen molar-refractivity contribution in [3.8, 4) is 0 Å². The first-order chi connectivity index (χ1) is 6.27. The molecule has 1 aromatic heterocycles. The van der Waals surface area contributed by atoms with E-state index in [4.69, 9.17) is 5.73 Å². The van der Waals surface area contributed by atoms with Crippen molar-refractivity contribution < 1.29 is 4.79 Å². The molecule has 70 valence electrons. The molecule has 0 bridgehead atoms. The number of likely N-dealkylation sites (tertiary alicyclic amines) is 1. The third kappa shape index (κ3) is 1.49. The molecule has 0 spiro atoms. The third-order valence-electron chi connectivity index (χ3n) is 2.46. The second-order valence-electron chi connectivity index (χ2n) is 3.28. The van der Waals surface area contributed by atoms with Crippen LogP contribution < -0.4 is 5.73 Å². The second kappa shape index (κ2) is 3.08. The van der Waals surface area contributed by atoms with Crippen molar-refractivity contribution in [2.45, 2.75) is 12.3 Å².